The molecule has 1 fully saturated rings. The maximum atomic E-state index is 11.7. The highest BCUT2D eigenvalue weighted by molar-refractivity contribution is 8.00. The first-order valence-electron chi connectivity index (χ1n) is 6.09. The molecule has 0 aromatic heterocycles. The quantitative estimate of drug-likeness (QED) is 0.751. The predicted molar refractivity (Wildman–Crippen MR) is 75.2 cm³/mol. The highest BCUT2D eigenvalue weighted by Gasteiger charge is 2.27. The Labute approximate surface area is 107 Å². The zero-order valence-electron chi connectivity index (χ0n) is 10.6. The molecule has 3 heteroatoms. The third kappa shape index (κ3) is 2.49. The van der Waals surface area contributed by atoms with Crippen molar-refractivity contribution in [1.29, 1.82) is 0 Å². The summed E-state index contributed by atoms with van der Waals surface area (Å²) in [7, 11) is 0. The molecule has 1 heterocycles. The van der Waals surface area contributed by atoms with E-state index in [0.29, 0.717) is 11.3 Å². The van der Waals surface area contributed by atoms with Crippen LogP contribution in [0.25, 0.3) is 0 Å². The van der Waals surface area contributed by atoms with E-state index in [2.05, 4.69) is 24.8 Å². The zero-order valence-corrected chi connectivity index (χ0v) is 11.5. The molecule has 2 rings (SSSR count). The number of carbonyl (C=O) groups is 1. The molecule has 2 nitrogen and oxygen atoms in total. The Morgan fingerprint density at radius 3 is 2.76 bits per heavy atom. The van der Waals surface area contributed by atoms with Gasteiger partial charge in [-0.15, -0.1) is 0 Å². The predicted octanol–water partition coefficient (Wildman–Crippen LogP) is 3.22. The van der Waals surface area contributed by atoms with Crippen molar-refractivity contribution in [1.82, 2.24) is 0 Å². The van der Waals surface area contributed by atoms with Crippen LogP contribution < -0.4 is 4.90 Å². The second-order valence-corrected chi connectivity index (χ2v) is 6.07. The van der Waals surface area contributed by atoms with Gasteiger partial charge in [-0.05, 0) is 26.0 Å². The summed E-state index contributed by atoms with van der Waals surface area (Å²) >= 11 is 2.01. The van der Waals surface area contributed by atoms with Crippen molar-refractivity contribution in [3.05, 3.63) is 29.8 Å². The molecule has 0 saturated carbocycles. The second-order valence-electron chi connectivity index (χ2n) is 4.58. The van der Waals surface area contributed by atoms with Crippen molar-refractivity contribution >= 4 is 23.2 Å². The number of nitrogens with zero attached hydrogens (tertiary/aromatic N) is 1. The van der Waals surface area contributed by atoms with Crippen LogP contribution in [0.5, 0.6) is 0 Å². The van der Waals surface area contributed by atoms with Gasteiger partial charge in [0.15, 0.2) is 5.78 Å². The average molecular weight is 249 g/mol. The molecule has 17 heavy (non-hydrogen) atoms. The normalized spacial score (nSPS) is 24.8. The summed E-state index contributed by atoms with van der Waals surface area (Å²) in [6.07, 6.45) is 0. The lowest BCUT2D eigenvalue weighted by atomic mass is 10.1. The minimum Gasteiger partial charge on any atom is -0.366 e. The fraction of sp³-hybridized carbons (Fsp3) is 0.500. The van der Waals surface area contributed by atoms with Gasteiger partial charge >= 0.3 is 0 Å². The van der Waals surface area contributed by atoms with Crippen LogP contribution >= 0.6 is 11.8 Å². The summed E-state index contributed by atoms with van der Waals surface area (Å²) in [5, 5.41) is 0.615. The summed E-state index contributed by atoms with van der Waals surface area (Å²) in [5.74, 6) is 1.29. The van der Waals surface area contributed by atoms with Gasteiger partial charge in [0.2, 0.25) is 0 Å². The van der Waals surface area contributed by atoms with E-state index < -0.39 is 0 Å². The van der Waals surface area contributed by atoms with Crippen molar-refractivity contribution in [2.45, 2.75) is 32.1 Å². The van der Waals surface area contributed by atoms with E-state index in [4.69, 9.17) is 0 Å². The molecule has 1 aliphatic heterocycles. The Morgan fingerprint density at radius 2 is 2.06 bits per heavy atom. The summed E-state index contributed by atoms with van der Waals surface area (Å²) in [5.41, 5.74) is 1.94. The summed E-state index contributed by atoms with van der Waals surface area (Å²) in [4.78, 5) is 14.0. The number of anilines is 1. The van der Waals surface area contributed by atoms with E-state index in [1.807, 2.05) is 30.0 Å². The van der Waals surface area contributed by atoms with E-state index in [0.717, 1.165) is 23.5 Å². The largest absolute Gasteiger partial charge is 0.366 e. The molecule has 1 aromatic carbocycles. The smallest absolute Gasteiger partial charge is 0.161 e. The van der Waals surface area contributed by atoms with Gasteiger partial charge in [-0.25, -0.2) is 0 Å². The number of Topliss-reactive ketones (excluding diaryl/α,β-unsaturated/α-hetero) is 1. The van der Waals surface area contributed by atoms with Gasteiger partial charge in [0.1, 0.15) is 0 Å². The first-order chi connectivity index (χ1) is 8.11. The van der Waals surface area contributed by atoms with E-state index in [1.165, 1.54) is 0 Å². The van der Waals surface area contributed by atoms with Gasteiger partial charge in [0.05, 0.1) is 0 Å². The lowest BCUT2D eigenvalue weighted by molar-refractivity contribution is 0.101. The molecule has 0 spiro atoms. The third-order valence-corrected chi connectivity index (χ3v) is 4.81. The minimum atomic E-state index is 0.152. The Balaban J connectivity index is 2.36. The summed E-state index contributed by atoms with van der Waals surface area (Å²) in [6, 6.07) is 8.43. The number of benzene rings is 1. The molecule has 0 radical (unpaired) electrons. The highest BCUT2D eigenvalue weighted by Crippen LogP contribution is 2.31. The van der Waals surface area contributed by atoms with Crippen LogP contribution in [-0.4, -0.2) is 29.4 Å². The maximum absolute atomic E-state index is 11.7. The van der Waals surface area contributed by atoms with E-state index >= 15 is 0 Å². The first-order valence-corrected chi connectivity index (χ1v) is 7.14. The lowest BCUT2D eigenvalue weighted by Crippen LogP contribution is -2.45. The fourth-order valence-electron chi connectivity index (χ4n) is 2.29. The number of ketones is 1. The number of thioether (sulfide) groups is 1. The van der Waals surface area contributed by atoms with Crippen LogP contribution in [0.15, 0.2) is 24.3 Å². The zero-order chi connectivity index (χ0) is 12.4. The Bertz CT molecular complexity index is 418. The summed E-state index contributed by atoms with van der Waals surface area (Å²) < 4.78 is 0. The van der Waals surface area contributed by atoms with Crippen LogP contribution in [0.4, 0.5) is 5.69 Å². The van der Waals surface area contributed by atoms with Gasteiger partial charge in [0.25, 0.3) is 0 Å². The van der Waals surface area contributed by atoms with Crippen molar-refractivity contribution in [3.8, 4) is 0 Å². The molecule has 1 aliphatic rings. The van der Waals surface area contributed by atoms with E-state index in [1.54, 1.807) is 6.92 Å². The van der Waals surface area contributed by atoms with Gasteiger partial charge in [0, 0.05) is 34.8 Å². The molecule has 0 bridgehead atoms. The maximum Gasteiger partial charge on any atom is 0.161 e. The third-order valence-electron chi connectivity index (χ3n) is 3.48. The molecule has 1 aromatic rings. The Hall–Kier alpha value is -0.960. The van der Waals surface area contributed by atoms with Crippen LogP contribution in [0.2, 0.25) is 0 Å². The summed E-state index contributed by atoms with van der Waals surface area (Å²) in [6.45, 7) is 7.18. The van der Waals surface area contributed by atoms with Crippen LogP contribution in [0.1, 0.15) is 31.1 Å². The SMILES string of the molecule is CC(=O)c1ccccc1N1CCSC(C)C1C. The van der Waals surface area contributed by atoms with Crippen LogP contribution in [0.3, 0.4) is 0 Å². The fourth-order valence-corrected chi connectivity index (χ4v) is 3.39. The Kier molecular flexibility index (Phi) is 3.77. The van der Waals surface area contributed by atoms with Crippen molar-refractivity contribution in [2.24, 2.45) is 0 Å². The van der Waals surface area contributed by atoms with E-state index in [-0.39, 0.29) is 5.78 Å². The topological polar surface area (TPSA) is 20.3 Å². The number of hydrogen-bond donors (Lipinski definition) is 0. The van der Waals surface area contributed by atoms with Crippen LogP contribution in [0, 0.1) is 0 Å². The number of para-hydroxylation sites is 1. The standard InChI is InChI=1S/C14H19NOS/c1-10-12(3)17-9-8-15(10)14-7-5-4-6-13(14)11(2)16/h4-7,10,12H,8-9H2,1-3H3. The molecular formula is C14H19NOS. The molecular weight excluding hydrogens is 230 g/mol. The molecule has 0 amide bonds. The average Bonchev–Trinajstić information content (AvgIpc) is 2.33. The van der Waals surface area contributed by atoms with Crippen molar-refractivity contribution in [2.75, 3.05) is 17.2 Å². The van der Waals surface area contributed by atoms with Gasteiger partial charge < -0.3 is 4.90 Å². The van der Waals surface area contributed by atoms with Gasteiger partial charge in [-0.2, -0.15) is 11.8 Å². The van der Waals surface area contributed by atoms with Crippen LogP contribution in [-0.2, 0) is 0 Å². The molecule has 2 atom stereocenters. The minimum absolute atomic E-state index is 0.152. The van der Waals surface area contributed by atoms with Crippen molar-refractivity contribution in [3.63, 3.8) is 0 Å². The lowest BCUT2D eigenvalue weighted by Gasteiger charge is -2.40. The highest BCUT2D eigenvalue weighted by atomic mass is 32.2. The molecule has 2 unspecified atom stereocenters. The van der Waals surface area contributed by atoms with E-state index in [9.17, 15) is 4.79 Å². The first kappa shape index (κ1) is 12.5. The molecule has 0 N–H and O–H groups in total. The monoisotopic (exact) mass is 249 g/mol. The van der Waals surface area contributed by atoms with Crippen molar-refractivity contribution < 1.29 is 4.79 Å². The second kappa shape index (κ2) is 5.13. The van der Waals surface area contributed by atoms with Gasteiger partial charge in [-0.1, -0.05) is 19.1 Å². The van der Waals surface area contributed by atoms with Gasteiger partial charge in [-0.3, -0.25) is 4.79 Å². The molecule has 92 valence electrons. The molecule has 0 aliphatic carbocycles. The Morgan fingerprint density at radius 1 is 1.35 bits per heavy atom. The number of rotatable bonds is 2. The number of carbonyl (C=O) groups excluding carboxylic acids is 1. The number of hydrogen-bond acceptors (Lipinski definition) is 3. The molecule has 1 saturated heterocycles.